The predicted molar refractivity (Wildman–Crippen MR) is 141 cm³/mol. The minimum atomic E-state index is 0.174. The predicted octanol–water partition coefficient (Wildman–Crippen LogP) is 2.33. The highest BCUT2D eigenvalue weighted by molar-refractivity contribution is 5.82. The van der Waals surface area contributed by atoms with Crippen molar-refractivity contribution in [2.24, 2.45) is 0 Å². The maximum Gasteiger partial charge on any atom is 0.203 e. The quantitative estimate of drug-likeness (QED) is 0.363. The molecule has 2 aliphatic rings. The number of nitrogens with zero attached hydrogens (tertiary/aromatic N) is 9. The van der Waals surface area contributed by atoms with Crippen molar-refractivity contribution in [2.45, 2.75) is 25.9 Å². The van der Waals surface area contributed by atoms with Crippen LogP contribution in [0.1, 0.15) is 17.8 Å². The molecule has 12 nitrogen and oxygen atoms in total. The summed E-state index contributed by atoms with van der Waals surface area (Å²) in [5.74, 6) is 3.11. The van der Waals surface area contributed by atoms with Crippen molar-refractivity contribution in [1.29, 1.82) is 0 Å². The van der Waals surface area contributed by atoms with Crippen LogP contribution in [0.4, 0.5) is 11.6 Å². The second kappa shape index (κ2) is 9.62. The molecule has 1 unspecified atom stereocenters. The summed E-state index contributed by atoms with van der Waals surface area (Å²) in [5, 5.41) is 12.2. The van der Waals surface area contributed by atoms with E-state index in [9.17, 15) is 0 Å². The first-order chi connectivity index (χ1) is 18.7. The highest BCUT2D eigenvalue weighted by Gasteiger charge is 2.23. The monoisotopic (exact) mass is 512 g/mol. The molecule has 2 fully saturated rings. The van der Waals surface area contributed by atoms with Crippen LogP contribution in [0, 0.1) is 6.92 Å². The van der Waals surface area contributed by atoms with E-state index in [0.717, 1.165) is 65.9 Å². The molecule has 0 spiro atoms. The van der Waals surface area contributed by atoms with E-state index in [-0.39, 0.29) is 6.04 Å². The third-order valence-electron chi connectivity index (χ3n) is 7.08. The van der Waals surface area contributed by atoms with E-state index in [1.165, 1.54) is 0 Å². The molecule has 1 atom stereocenters. The van der Waals surface area contributed by atoms with Gasteiger partial charge in [0.2, 0.25) is 5.65 Å². The molecule has 0 aliphatic carbocycles. The number of aromatic nitrogens is 8. The van der Waals surface area contributed by atoms with E-state index in [1.807, 2.05) is 36.0 Å². The minimum Gasteiger partial charge on any atom is -0.379 e. The first-order valence-corrected chi connectivity index (χ1v) is 12.9. The lowest BCUT2D eigenvalue weighted by atomic mass is 10.2. The Morgan fingerprint density at radius 2 is 2.00 bits per heavy atom. The smallest absolute Gasteiger partial charge is 0.203 e. The maximum absolute atomic E-state index is 5.57. The summed E-state index contributed by atoms with van der Waals surface area (Å²) in [7, 11) is 0. The van der Waals surface area contributed by atoms with Gasteiger partial charge in [-0.15, -0.1) is 10.2 Å². The molecular formula is C26H28N10O2. The summed E-state index contributed by atoms with van der Waals surface area (Å²) in [5.41, 5.74) is 4.27. The third kappa shape index (κ3) is 4.21. The molecule has 7 rings (SSSR count). The van der Waals surface area contributed by atoms with Crippen LogP contribution >= 0.6 is 0 Å². The van der Waals surface area contributed by atoms with Gasteiger partial charge in [0.15, 0.2) is 11.6 Å². The first kappa shape index (κ1) is 23.0. The topological polar surface area (TPSA) is 120 Å². The van der Waals surface area contributed by atoms with Crippen molar-refractivity contribution in [3.63, 3.8) is 0 Å². The first-order valence-electron chi connectivity index (χ1n) is 12.9. The normalized spacial score (nSPS) is 18.0. The average molecular weight is 513 g/mol. The van der Waals surface area contributed by atoms with Gasteiger partial charge in [-0.05, 0) is 25.0 Å². The third-order valence-corrected chi connectivity index (χ3v) is 7.08. The fourth-order valence-corrected chi connectivity index (χ4v) is 5.07. The number of hydrogen-bond acceptors (Lipinski definition) is 10. The molecule has 7 heterocycles. The zero-order chi connectivity index (χ0) is 25.5. The Hall–Kier alpha value is -4.16. The molecule has 0 saturated carbocycles. The lowest BCUT2D eigenvalue weighted by Crippen LogP contribution is -2.36. The second-order valence-corrected chi connectivity index (χ2v) is 9.63. The van der Waals surface area contributed by atoms with Crippen molar-refractivity contribution in [2.75, 3.05) is 49.7 Å². The molecule has 38 heavy (non-hydrogen) atoms. The molecule has 0 bridgehead atoms. The molecule has 194 valence electrons. The van der Waals surface area contributed by atoms with Crippen LogP contribution in [-0.4, -0.2) is 84.7 Å². The van der Waals surface area contributed by atoms with Crippen LogP contribution in [0.5, 0.6) is 0 Å². The van der Waals surface area contributed by atoms with Crippen LogP contribution < -0.4 is 10.2 Å². The van der Waals surface area contributed by atoms with Gasteiger partial charge in [0.05, 0.1) is 44.1 Å². The highest BCUT2D eigenvalue weighted by atomic mass is 16.5. The van der Waals surface area contributed by atoms with E-state index >= 15 is 0 Å². The number of ether oxygens (including phenoxy) is 2. The Morgan fingerprint density at radius 3 is 2.82 bits per heavy atom. The molecule has 5 aromatic rings. The van der Waals surface area contributed by atoms with Crippen molar-refractivity contribution < 1.29 is 9.47 Å². The van der Waals surface area contributed by atoms with Gasteiger partial charge in [-0.2, -0.15) is 0 Å². The number of morpholine rings is 1. The minimum absolute atomic E-state index is 0.174. The zero-order valence-corrected chi connectivity index (χ0v) is 21.1. The number of imidazole rings is 1. The average Bonchev–Trinajstić information content (AvgIpc) is 3.69. The van der Waals surface area contributed by atoms with Gasteiger partial charge in [-0.25, -0.2) is 15.0 Å². The summed E-state index contributed by atoms with van der Waals surface area (Å²) in [6.07, 6.45) is 8.39. The van der Waals surface area contributed by atoms with E-state index in [0.29, 0.717) is 37.8 Å². The molecule has 0 amide bonds. The Kier molecular flexibility index (Phi) is 5.82. The fourth-order valence-electron chi connectivity index (χ4n) is 5.07. The second-order valence-electron chi connectivity index (χ2n) is 9.63. The van der Waals surface area contributed by atoms with Gasteiger partial charge in [0.25, 0.3) is 0 Å². The molecule has 5 aromatic heterocycles. The largest absolute Gasteiger partial charge is 0.379 e. The molecule has 2 aliphatic heterocycles. The van der Waals surface area contributed by atoms with Crippen LogP contribution in [0.3, 0.4) is 0 Å². The lowest BCUT2D eigenvalue weighted by molar-refractivity contribution is 0.122. The Balaban J connectivity index is 1.39. The summed E-state index contributed by atoms with van der Waals surface area (Å²) in [4.78, 5) is 21.4. The number of anilines is 2. The van der Waals surface area contributed by atoms with Crippen molar-refractivity contribution in [3.05, 3.63) is 54.4 Å². The number of fused-ring (bicyclic) bond motifs is 2. The number of aryl methyl sites for hydroxylation is 1. The number of rotatable bonds is 6. The van der Waals surface area contributed by atoms with E-state index in [4.69, 9.17) is 24.4 Å². The molecule has 0 radical (unpaired) electrons. The van der Waals surface area contributed by atoms with Crippen molar-refractivity contribution in [1.82, 2.24) is 39.1 Å². The zero-order valence-electron chi connectivity index (χ0n) is 21.1. The Morgan fingerprint density at radius 1 is 1.08 bits per heavy atom. The number of nitrogens with one attached hydrogen (secondary N) is 1. The van der Waals surface area contributed by atoms with Gasteiger partial charge in [0, 0.05) is 44.4 Å². The Labute approximate surface area is 218 Å². The molecule has 2 saturated heterocycles. The maximum atomic E-state index is 5.57. The fraction of sp³-hybridized carbons (Fsp3) is 0.385. The van der Waals surface area contributed by atoms with Crippen LogP contribution in [0.15, 0.2) is 43.0 Å². The lowest BCUT2D eigenvalue weighted by Gasteiger charge is -2.27. The van der Waals surface area contributed by atoms with Gasteiger partial charge < -0.3 is 24.3 Å². The standard InChI is InChI=1S/C26H28N10O2/c1-17-32-33-26-24(29-19-4-8-38-16-19)30-21(15-35(17)26)25-31-20-13-28-23(34-6-9-37-10-7-34)11-22(20)36(25)14-18-3-2-5-27-12-18/h2-3,5,11-13,15,19H,4,6-10,14,16H2,1H3,(H,29,30). The molecular weight excluding hydrogens is 484 g/mol. The Bertz CT molecular complexity index is 1590. The molecule has 12 heteroatoms. The molecule has 0 aromatic carbocycles. The summed E-state index contributed by atoms with van der Waals surface area (Å²) < 4.78 is 15.3. The summed E-state index contributed by atoms with van der Waals surface area (Å²) >= 11 is 0. The SMILES string of the molecule is Cc1nnc2c(NC3CCOC3)nc(-c3nc4cnc(N5CCOCC5)cc4n3Cc3cccnc3)cn12. The number of hydrogen-bond donors (Lipinski definition) is 1. The number of pyridine rings is 2. The van der Waals surface area contributed by atoms with Gasteiger partial charge >= 0.3 is 0 Å². The van der Waals surface area contributed by atoms with E-state index in [1.54, 1.807) is 6.20 Å². The summed E-state index contributed by atoms with van der Waals surface area (Å²) in [6, 6.07) is 6.31. The highest BCUT2D eigenvalue weighted by Crippen LogP contribution is 2.29. The van der Waals surface area contributed by atoms with Crippen LogP contribution in [-0.2, 0) is 16.0 Å². The molecule has 1 N–H and O–H groups in total. The van der Waals surface area contributed by atoms with Crippen LogP contribution in [0.2, 0.25) is 0 Å². The van der Waals surface area contributed by atoms with Gasteiger partial charge in [0.1, 0.15) is 22.9 Å². The van der Waals surface area contributed by atoms with Crippen molar-refractivity contribution >= 4 is 28.3 Å². The van der Waals surface area contributed by atoms with Gasteiger partial charge in [-0.3, -0.25) is 9.38 Å². The van der Waals surface area contributed by atoms with Crippen molar-refractivity contribution in [3.8, 4) is 11.5 Å². The summed E-state index contributed by atoms with van der Waals surface area (Å²) in [6.45, 7) is 6.92. The van der Waals surface area contributed by atoms with E-state index < -0.39 is 0 Å². The van der Waals surface area contributed by atoms with Gasteiger partial charge in [-0.1, -0.05) is 6.07 Å². The van der Waals surface area contributed by atoms with Crippen LogP contribution in [0.25, 0.3) is 28.2 Å². The van der Waals surface area contributed by atoms with E-state index in [2.05, 4.69) is 42.1 Å².